The van der Waals surface area contributed by atoms with Crippen LogP contribution in [0.15, 0.2) is 48.5 Å². The SMILES string of the molecule is CCC1C(c2cc3ccccc3[nH]2)=C(C#N)c2ccc(OC)cc21. The van der Waals surface area contributed by atoms with Crippen LogP contribution >= 0.6 is 0 Å². The van der Waals surface area contributed by atoms with Gasteiger partial charge in [-0.3, -0.25) is 0 Å². The number of ether oxygens (including phenoxy) is 1. The van der Waals surface area contributed by atoms with Crippen LogP contribution in [0.4, 0.5) is 0 Å². The van der Waals surface area contributed by atoms with E-state index in [-0.39, 0.29) is 5.92 Å². The molecule has 4 rings (SSSR count). The summed E-state index contributed by atoms with van der Waals surface area (Å²) in [5, 5.41) is 11.0. The molecular formula is C21H18N2O. The van der Waals surface area contributed by atoms with Crippen molar-refractivity contribution in [3.8, 4) is 11.8 Å². The summed E-state index contributed by atoms with van der Waals surface area (Å²) in [6, 6.07) is 18.8. The van der Waals surface area contributed by atoms with Gasteiger partial charge in [-0.05, 0) is 53.3 Å². The fourth-order valence-corrected chi connectivity index (χ4v) is 3.74. The van der Waals surface area contributed by atoms with E-state index in [0.717, 1.165) is 40.1 Å². The Morgan fingerprint density at radius 2 is 2.00 bits per heavy atom. The van der Waals surface area contributed by atoms with Crippen molar-refractivity contribution in [3.05, 3.63) is 65.4 Å². The van der Waals surface area contributed by atoms with Crippen molar-refractivity contribution in [1.29, 1.82) is 5.26 Å². The molecule has 0 spiro atoms. The summed E-state index contributed by atoms with van der Waals surface area (Å²) in [5.74, 6) is 1.04. The summed E-state index contributed by atoms with van der Waals surface area (Å²) >= 11 is 0. The second-order valence-electron chi connectivity index (χ2n) is 6.08. The number of aromatic nitrogens is 1. The molecule has 0 amide bonds. The molecule has 0 saturated heterocycles. The number of nitrogens with zero attached hydrogens (tertiary/aromatic N) is 1. The predicted molar refractivity (Wildman–Crippen MR) is 96.8 cm³/mol. The maximum absolute atomic E-state index is 9.81. The second kappa shape index (κ2) is 5.58. The fourth-order valence-electron chi connectivity index (χ4n) is 3.74. The van der Waals surface area contributed by atoms with Gasteiger partial charge >= 0.3 is 0 Å². The van der Waals surface area contributed by atoms with Crippen LogP contribution in [0.1, 0.15) is 36.1 Å². The molecule has 1 unspecified atom stereocenters. The molecule has 1 heterocycles. The predicted octanol–water partition coefficient (Wildman–Crippen LogP) is 5.12. The quantitative estimate of drug-likeness (QED) is 0.729. The molecule has 1 N–H and O–H groups in total. The first-order chi connectivity index (χ1) is 11.8. The summed E-state index contributed by atoms with van der Waals surface area (Å²) in [7, 11) is 1.68. The van der Waals surface area contributed by atoms with Crippen molar-refractivity contribution in [2.75, 3.05) is 7.11 Å². The zero-order valence-electron chi connectivity index (χ0n) is 13.8. The number of aromatic amines is 1. The molecule has 2 aromatic carbocycles. The van der Waals surface area contributed by atoms with Gasteiger partial charge in [-0.25, -0.2) is 0 Å². The molecule has 1 atom stereocenters. The van der Waals surface area contributed by atoms with E-state index in [1.165, 1.54) is 10.9 Å². The minimum absolute atomic E-state index is 0.206. The lowest BCUT2D eigenvalue weighted by atomic mass is 9.91. The Hall–Kier alpha value is -2.99. The van der Waals surface area contributed by atoms with E-state index in [0.29, 0.717) is 0 Å². The molecule has 0 saturated carbocycles. The molecule has 0 radical (unpaired) electrons. The van der Waals surface area contributed by atoms with Crippen LogP contribution in [0.2, 0.25) is 0 Å². The van der Waals surface area contributed by atoms with Gasteiger partial charge in [0, 0.05) is 22.7 Å². The Kier molecular flexibility index (Phi) is 3.39. The molecule has 24 heavy (non-hydrogen) atoms. The molecule has 1 aromatic heterocycles. The van der Waals surface area contributed by atoms with Gasteiger partial charge in [0.05, 0.1) is 12.7 Å². The molecule has 3 heteroatoms. The minimum atomic E-state index is 0.206. The zero-order valence-corrected chi connectivity index (χ0v) is 13.8. The van der Waals surface area contributed by atoms with Crippen LogP contribution in [-0.4, -0.2) is 12.1 Å². The van der Waals surface area contributed by atoms with E-state index in [1.54, 1.807) is 7.11 Å². The highest BCUT2D eigenvalue weighted by Gasteiger charge is 2.32. The summed E-state index contributed by atoms with van der Waals surface area (Å²) in [5.41, 5.74) is 6.21. The van der Waals surface area contributed by atoms with Crippen molar-refractivity contribution < 1.29 is 4.74 Å². The Bertz CT molecular complexity index is 971. The summed E-state index contributed by atoms with van der Waals surface area (Å²) < 4.78 is 5.38. The number of allylic oxidation sites excluding steroid dienone is 2. The van der Waals surface area contributed by atoms with Gasteiger partial charge in [0.25, 0.3) is 0 Å². The van der Waals surface area contributed by atoms with E-state index >= 15 is 0 Å². The molecule has 3 aromatic rings. The summed E-state index contributed by atoms with van der Waals surface area (Å²) in [6.45, 7) is 2.16. The van der Waals surface area contributed by atoms with Gasteiger partial charge in [0.15, 0.2) is 0 Å². The van der Waals surface area contributed by atoms with Gasteiger partial charge in [0.1, 0.15) is 11.8 Å². The van der Waals surface area contributed by atoms with E-state index in [9.17, 15) is 5.26 Å². The fraction of sp³-hybridized carbons (Fsp3) is 0.190. The van der Waals surface area contributed by atoms with Gasteiger partial charge < -0.3 is 9.72 Å². The number of rotatable bonds is 3. The summed E-state index contributed by atoms with van der Waals surface area (Å²) in [6.07, 6.45) is 0.941. The largest absolute Gasteiger partial charge is 0.497 e. The molecule has 1 aliphatic carbocycles. The highest BCUT2D eigenvalue weighted by molar-refractivity contribution is 6.05. The van der Waals surface area contributed by atoms with E-state index in [4.69, 9.17) is 4.74 Å². The first kappa shape index (κ1) is 14.6. The standard InChI is InChI=1S/C21H18N2O/c1-3-15-17-11-14(24-2)8-9-16(17)18(12-22)21(15)20-10-13-6-4-5-7-19(13)23-20/h4-11,15,23H,3H2,1-2H3. The van der Waals surface area contributed by atoms with E-state index < -0.39 is 0 Å². The van der Waals surface area contributed by atoms with Gasteiger partial charge in [-0.15, -0.1) is 0 Å². The van der Waals surface area contributed by atoms with Crippen LogP contribution in [0.25, 0.3) is 22.0 Å². The molecule has 0 bridgehead atoms. The molecule has 118 valence electrons. The van der Waals surface area contributed by atoms with Crippen LogP contribution in [0, 0.1) is 11.3 Å². The van der Waals surface area contributed by atoms with Crippen molar-refractivity contribution in [3.63, 3.8) is 0 Å². The van der Waals surface area contributed by atoms with E-state index in [2.05, 4.69) is 42.2 Å². The molecule has 0 aliphatic heterocycles. The third-order valence-corrected chi connectivity index (χ3v) is 4.86. The topological polar surface area (TPSA) is 48.8 Å². The molecule has 1 aliphatic rings. The van der Waals surface area contributed by atoms with Crippen LogP contribution in [-0.2, 0) is 0 Å². The molecule has 0 fully saturated rings. The van der Waals surface area contributed by atoms with Gasteiger partial charge in [0.2, 0.25) is 0 Å². The van der Waals surface area contributed by atoms with E-state index in [1.807, 2.05) is 24.3 Å². The number of nitriles is 1. The van der Waals surface area contributed by atoms with Crippen LogP contribution < -0.4 is 4.74 Å². The average molecular weight is 314 g/mol. The second-order valence-corrected chi connectivity index (χ2v) is 6.08. The number of hydrogen-bond acceptors (Lipinski definition) is 2. The molecular weight excluding hydrogens is 296 g/mol. The normalized spacial score (nSPS) is 16.3. The van der Waals surface area contributed by atoms with Crippen molar-refractivity contribution in [1.82, 2.24) is 4.98 Å². The lowest BCUT2D eigenvalue weighted by molar-refractivity contribution is 0.414. The maximum atomic E-state index is 9.81. The first-order valence-electron chi connectivity index (χ1n) is 8.17. The number of fused-ring (bicyclic) bond motifs is 2. The number of hydrogen-bond donors (Lipinski definition) is 1. The van der Waals surface area contributed by atoms with Gasteiger partial charge in [-0.1, -0.05) is 25.1 Å². The Morgan fingerprint density at radius 3 is 2.71 bits per heavy atom. The minimum Gasteiger partial charge on any atom is -0.497 e. The molecule has 3 nitrogen and oxygen atoms in total. The zero-order chi connectivity index (χ0) is 16.7. The lowest BCUT2D eigenvalue weighted by Gasteiger charge is -2.14. The van der Waals surface area contributed by atoms with Crippen molar-refractivity contribution >= 4 is 22.0 Å². The number of H-pyrrole nitrogens is 1. The highest BCUT2D eigenvalue weighted by atomic mass is 16.5. The van der Waals surface area contributed by atoms with Crippen molar-refractivity contribution in [2.24, 2.45) is 0 Å². The van der Waals surface area contributed by atoms with Crippen LogP contribution in [0.5, 0.6) is 5.75 Å². The Morgan fingerprint density at radius 1 is 1.17 bits per heavy atom. The smallest absolute Gasteiger partial charge is 0.119 e. The highest BCUT2D eigenvalue weighted by Crippen LogP contribution is 2.49. The van der Waals surface area contributed by atoms with Crippen molar-refractivity contribution in [2.45, 2.75) is 19.3 Å². The summed E-state index contributed by atoms with van der Waals surface area (Å²) in [4.78, 5) is 3.49. The number of nitrogens with one attached hydrogen (secondary N) is 1. The lowest BCUT2D eigenvalue weighted by Crippen LogP contribution is -1.98. The Balaban J connectivity index is 1.94. The number of methoxy groups -OCH3 is 1. The number of para-hydroxylation sites is 1. The third kappa shape index (κ3) is 2.04. The van der Waals surface area contributed by atoms with Crippen LogP contribution in [0.3, 0.4) is 0 Å². The maximum Gasteiger partial charge on any atom is 0.119 e. The monoisotopic (exact) mass is 314 g/mol. The van der Waals surface area contributed by atoms with Gasteiger partial charge in [-0.2, -0.15) is 5.26 Å². The number of benzene rings is 2. The Labute approximate surface area is 141 Å². The third-order valence-electron chi connectivity index (χ3n) is 4.86. The first-order valence-corrected chi connectivity index (χ1v) is 8.17. The average Bonchev–Trinajstić information content (AvgIpc) is 3.18.